The van der Waals surface area contributed by atoms with Crippen molar-refractivity contribution in [2.75, 3.05) is 67.2 Å². The lowest BCUT2D eigenvalue weighted by Gasteiger charge is -2.37. The van der Waals surface area contributed by atoms with Gasteiger partial charge in [0.2, 0.25) is 0 Å². The maximum atomic E-state index is 13.3. The van der Waals surface area contributed by atoms with Crippen molar-refractivity contribution in [1.82, 2.24) is 9.97 Å². The Kier molecular flexibility index (Phi) is 5.87. The van der Waals surface area contributed by atoms with Gasteiger partial charge in [-0.05, 0) is 19.1 Å². The molecule has 7 nitrogen and oxygen atoms in total. The van der Waals surface area contributed by atoms with E-state index in [1.807, 2.05) is 17.9 Å². The summed E-state index contributed by atoms with van der Waals surface area (Å²) in [6.45, 7) is 6.88. The fourth-order valence-electron chi connectivity index (χ4n) is 3.99. The third-order valence-corrected chi connectivity index (χ3v) is 5.55. The minimum absolute atomic E-state index is 0.323. The molecule has 0 unspecified atom stereocenters. The molecule has 0 spiro atoms. The highest BCUT2D eigenvalue weighted by atomic mass is 19.4. The van der Waals surface area contributed by atoms with Crippen LogP contribution in [0, 0.1) is 18.3 Å². The van der Waals surface area contributed by atoms with Crippen LogP contribution in [0.25, 0.3) is 0 Å². The van der Waals surface area contributed by atoms with Crippen LogP contribution in [-0.2, 0) is 10.9 Å². The van der Waals surface area contributed by atoms with Gasteiger partial charge in [-0.3, -0.25) is 0 Å². The third-order valence-electron chi connectivity index (χ3n) is 5.55. The summed E-state index contributed by atoms with van der Waals surface area (Å²) >= 11 is 0. The van der Waals surface area contributed by atoms with E-state index in [1.165, 1.54) is 6.07 Å². The molecule has 31 heavy (non-hydrogen) atoms. The summed E-state index contributed by atoms with van der Waals surface area (Å²) in [5.74, 6) is 2.34. The van der Waals surface area contributed by atoms with Gasteiger partial charge in [0.25, 0.3) is 0 Å². The summed E-state index contributed by atoms with van der Waals surface area (Å²) in [7, 11) is 0. The first-order valence-corrected chi connectivity index (χ1v) is 10.2. The number of alkyl halides is 3. The molecule has 0 amide bonds. The second-order valence-electron chi connectivity index (χ2n) is 7.51. The molecule has 164 valence electrons. The molecule has 2 aliphatic heterocycles. The number of rotatable bonds is 3. The van der Waals surface area contributed by atoms with Gasteiger partial charge >= 0.3 is 6.18 Å². The molecule has 0 bridgehead atoms. The molecular formula is C21H23F3N6O. The van der Waals surface area contributed by atoms with Crippen LogP contribution in [0.3, 0.4) is 0 Å². The van der Waals surface area contributed by atoms with Crippen LogP contribution in [0.1, 0.15) is 17.0 Å². The average Bonchev–Trinajstić information content (AvgIpc) is 2.78. The molecule has 2 fully saturated rings. The third kappa shape index (κ3) is 4.51. The number of halogens is 3. The molecule has 2 aliphatic rings. The van der Waals surface area contributed by atoms with Crippen LogP contribution in [0.4, 0.5) is 30.5 Å². The first-order valence-electron chi connectivity index (χ1n) is 10.2. The zero-order chi connectivity index (χ0) is 22.0. The normalized spacial score (nSPS) is 17.6. The highest BCUT2D eigenvalue weighted by molar-refractivity contribution is 5.64. The number of benzene rings is 1. The summed E-state index contributed by atoms with van der Waals surface area (Å²) in [5, 5.41) is 9.39. The molecule has 2 saturated heterocycles. The summed E-state index contributed by atoms with van der Waals surface area (Å²) < 4.78 is 45.3. The monoisotopic (exact) mass is 432 g/mol. The van der Waals surface area contributed by atoms with Gasteiger partial charge in [0, 0.05) is 45.3 Å². The van der Waals surface area contributed by atoms with Gasteiger partial charge in [-0.1, -0.05) is 6.07 Å². The van der Waals surface area contributed by atoms with Gasteiger partial charge in [0.05, 0.1) is 30.0 Å². The molecule has 0 saturated carbocycles. The maximum absolute atomic E-state index is 13.3. The molecule has 10 heteroatoms. The minimum Gasteiger partial charge on any atom is -0.378 e. The van der Waals surface area contributed by atoms with Gasteiger partial charge in [-0.15, -0.1) is 0 Å². The molecule has 3 heterocycles. The standard InChI is InChI=1S/C21H23F3N6O/c1-15-26-19(13-20(27-15)30-9-11-31-12-10-30)29-7-5-28(6-8-29)18-4-2-3-17(16(18)14-25)21(22,23)24/h2-4,13H,5-12H2,1H3. The predicted octanol–water partition coefficient (Wildman–Crippen LogP) is 2.84. The Bertz CT molecular complexity index is 976. The van der Waals surface area contributed by atoms with Gasteiger partial charge in [-0.25, -0.2) is 9.97 Å². The molecule has 4 rings (SSSR count). The number of hydrogen-bond acceptors (Lipinski definition) is 7. The fraction of sp³-hybridized carbons (Fsp3) is 0.476. The predicted molar refractivity (Wildman–Crippen MR) is 110 cm³/mol. The first kappa shape index (κ1) is 21.2. The van der Waals surface area contributed by atoms with E-state index in [2.05, 4.69) is 19.8 Å². The van der Waals surface area contributed by atoms with Crippen LogP contribution in [0.2, 0.25) is 0 Å². The summed E-state index contributed by atoms with van der Waals surface area (Å²) in [6, 6.07) is 7.59. The van der Waals surface area contributed by atoms with E-state index in [0.29, 0.717) is 50.9 Å². The Morgan fingerprint density at radius 1 is 0.935 bits per heavy atom. The van der Waals surface area contributed by atoms with Crippen molar-refractivity contribution in [3.63, 3.8) is 0 Å². The number of anilines is 3. The highest BCUT2D eigenvalue weighted by Gasteiger charge is 2.35. The zero-order valence-corrected chi connectivity index (χ0v) is 17.2. The maximum Gasteiger partial charge on any atom is 0.417 e. The van der Waals surface area contributed by atoms with E-state index in [4.69, 9.17) is 4.74 Å². The van der Waals surface area contributed by atoms with Gasteiger partial charge in [-0.2, -0.15) is 18.4 Å². The van der Waals surface area contributed by atoms with Crippen molar-refractivity contribution in [3.05, 3.63) is 41.2 Å². The van der Waals surface area contributed by atoms with E-state index in [0.717, 1.165) is 30.8 Å². The molecule has 1 aromatic heterocycles. The number of morpholine rings is 1. The second-order valence-corrected chi connectivity index (χ2v) is 7.51. The Morgan fingerprint density at radius 2 is 1.52 bits per heavy atom. The summed E-state index contributed by atoms with van der Waals surface area (Å²) in [6.07, 6.45) is -4.56. The highest BCUT2D eigenvalue weighted by Crippen LogP contribution is 2.36. The van der Waals surface area contributed by atoms with Crippen LogP contribution >= 0.6 is 0 Å². The van der Waals surface area contributed by atoms with Crippen molar-refractivity contribution in [1.29, 1.82) is 5.26 Å². The SMILES string of the molecule is Cc1nc(N2CCOCC2)cc(N2CCN(c3cccc(C(F)(F)F)c3C#N)CC2)n1. The first-order chi connectivity index (χ1) is 14.9. The summed E-state index contributed by atoms with van der Waals surface area (Å²) in [4.78, 5) is 15.2. The van der Waals surface area contributed by atoms with Crippen molar-refractivity contribution < 1.29 is 17.9 Å². The Hall–Kier alpha value is -3.06. The van der Waals surface area contributed by atoms with E-state index in [-0.39, 0.29) is 5.56 Å². The van der Waals surface area contributed by atoms with Crippen molar-refractivity contribution in [2.24, 2.45) is 0 Å². The lowest BCUT2D eigenvalue weighted by molar-refractivity contribution is -0.137. The molecule has 0 aliphatic carbocycles. The van der Waals surface area contributed by atoms with E-state index in [9.17, 15) is 18.4 Å². The van der Waals surface area contributed by atoms with Crippen LogP contribution in [0.15, 0.2) is 24.3 Å². The van der Waals surface area contributed by atoms with Crippen molar-refractivity contribution in [2.45, 2.75) is 13.1 Å². The minimum atomic E-state index is -4.56. The van der Waals surface area contributed by atoms with E-state index >= 15 is 0 Å². The zero-order valence-electron chi connectivity index (χ0n) is 17.2. The lowest BCUT2D eigenvalue weighted by Crippen LogP contribution is -2.47. The molecular weight excluding hydrogens is 409 g/mol. The number of piperazine rings is 1. The quantitative estimate of drug-likeness (QED) is 0.739. The van der Waals surface area contributed by atoms with Crippen molar-refractivity contribution in [3.8, 4) is 6.07 Å². The molecule has 2 aromatic rings. The van der Waals surface area contributed by atoms with Crippen molar-refractivity contribution >= 4 is 17.3 Å². The smallest absolute Gasteiger partial charge is 0.378 e. The largest absolute Gasteiger partial charge is 0.417 e. The van der Waals surface area contributed by atoms with E-state index in [1.54, 1.807) is 12.1 Å². The van der Waals surface area contributed by atoms with Crippen LogP contribution in [-0.4, -0.2) is 62.5 Å². The number of nitriles is 1. The lowest BCUT2D eigenvalue weighted by atomic mass is 10.0. The Balaban J connectivity index is 1.51. The molecule has 1 aromatic carbocycles. The van der Waals surface area contributed by atoms with Crippen LogP contribution in [0.5, 0.6) is 0 Å². The second kappa shape index (κ2) is 8.59. The van der Waals surface area contributed by atoms with Gasteiger partial charge in [0.15, 0.2) is 0 Å². The summed E-state index contributed by atoms with van der Waals surface area (Å²) in [5.41, 5.74) is -0.891. The van der Waals surface area contributed by atoms with E-state index < -0.39 is 11.7 Å². The molecule has 0 radical (unpaired) electrons. The Morgan fingerprint density at radius 3 is 2.10 bits per heavy atom. The van der Waals surface area contributed by atoms with Gasteiger partial charge < -0.3 is 19.4 Å². The van der Waals surface area contributed by atoms with Crippen LogP contribution < -0.4 is 14.7 Å². The van der Waals surface area contributed by atoms with Gasteiger partial charge in [0.1, 0.15) is 23.5 Å². The number of hydrogen-bond donors (Lipinski definition) is 0. The average molecular weight is 432 g/mol. The number of nitrogens with zero attached hydrogens (tertiary/aromatic N) is 6. The number of aromatic nitrogens is 2. The Labute approximate surface area is 178 Å². The molecule has 0 atom stereocenters. The number of ether oxygens (including phenoxy) is 1. The number of aryl methyl sites for hydroxylation is 1. The molecule has 0 N–H and O–H groups in total. The topological polar surface area (TPSA) is 68.5 Å². The fourth-order valence-corrected chi connectivity index (χ4v) is 3.99.